The molecule has 4 heterocycles. The number of nitrogen functional groups attached to an aromatic ring is 2. The van der Waals surface area contributed by atoms with E-state index >= 15 is 0 Å². The van der Waals surface area contributed by atoms with Gasteiger partial charge in [0.2, 0.25) is 0 Å². The smallest absolute Gasteiger partial charge is 0.177 e. The average Bonchev–Trinajstić information content (AvgIpc) is 3.81. The lowest BCUT2D eigenvalue weighted by molar-refractivity contribution is -0.202. The van der Waals surface area contributed by atoms with E-state index in [0.29, 0.717) is 11.0 Å². The molecule has 0 saturated carbocycles. The zero-order valence-corrected chi connectivity index (χ0v) is 27.6. The number of anilines is 2. The molecule has 7 rings (SSSR count). The van der Waals surface area contributed by atoms with Crippen molar-refractivity contribution < 1.29 is 24.4 Å². The van der Waals surface area contributed by atoms with Gasteiger partial charge in [-0.25, -0.2) is 19.0 Å². The van der Waals surface area contributed by atoms with Crippen LogP contribution in [0.2, 0.25) is 0 Å². The van der Waals surface area contributed by atoms with Gasteiger partial charge >= 0.3 is 0 Å². The summed E-state index contributed by atoms with van der Waals surface area (Å²) in [5.74, 6) is 0.413. The molecule has 0 fully saturated rings. The molecule has 0 spiro atoms. The molecule has 0 aliphatic carbocycles. The Morgan fingerprint density at radius 1 is 0.608 bits per heavy atom. The minimum atomic E-state index is -2.13. The van der Waals surface area contributed by atoms with Crippen molar-refractivity contribution in [3.05, 3.63) is 156 Å². The van der Waals surface area contributed by atoms with Crippen molar-refractivity contribution in [1.29, 1.82) is 0 Å². The highest BCUT2D eigenvalue weighted by molar-refractivity contribution is 5.68. The van der Waals surface area contributed by atoms with Gasteiger partial charge in [0.05, 0.1) is 37.8 Å². The molecule has 0 aliphatic heterocycles. The molecule has 13 nitrogen and oxygen atoms in total. The van der Waals surface area contributed by atoms with Crippen LogP contribution in [0.4, 0.5) is 11.6 Å². The minimum absolute atomic E-state index is 0.0530. The molecule has 0 aliphatic rings. The fourth-order valence-electron chi connectivity index (χ4n) is 6.25. The summed E-state index contributed by atoms with van der Waals surface area (Å²) in [6.45, 7) is 0.264. The molecule has 7 aromatic rings. The summed E-state index contributed by atoms with van der Waals surface area (Å²) in [6.07, 6.45) is -1.19. The van der Waals surface area contributed by atoms with Gasteiger partial charge in [-0.1, -0.05) is 91.0 Å². The fourth-order valence-corrected chi connectivity index (χ4v) is 6.25. The lowest BCUT2D eigenvalue weighted by Crippen LogP contribution is -2.56. The van der Waals surface area contributed by atoms with E-state index in [1.54, 1.807) is 24.3 Å². The van der Waals surface area contributed by atoms with Crippen LogP contribution in [0.15, 0.2) is 128 Å². The zero-order chi connectivity index (χ0) is 35.2. The van der Waals surface area contributed by atoms with Gasteiger partial charge in [0, 0.05) is 0 Å². The van der Waals surface area contributed by atoms with Crippen molar-refractivity contribution in [2.24, 2.45) is 0 Å². The fraction of sp³-hybridized carbons (Fsp3) is 0.211. The van der Waals surface area contributed by atoms with Crippen LogP contribution in [0.25, 0.3) is 11.0 Å². The molecule has 0 amide bonds. The van der Waals surface area contributed by atoms with E-state index in [1.807, 2.05) is 91.0 Å². The van der Waals surface area contributed by atoms with Crippen molar-refractivity contribution in [1.82, 2.24) is 29.2 Å². The highest BCUT2D eigenvalue weighted by Crippen LogP contribution is 2.40. The summed E-state index contributed by atoms with van der Waals surface area (Å²) in [4.78, 5) is 8.28. The van der Waals surface area contributed by atoms with Crippen LogP contribution in [-0.4, -0.2) is 64.3 Å². The molecule has 3 atom stereocenters. The Kier molecular flexibility index (Phi) is 9.97. The predicted molar refractivity (Wildman–Crippen MR) is 190 cm³/mol. The summed E-state index contributed by atoms with van der Waals surface area (Å²) in [5, 5.41) is 34.6. The molecular weight excluding hydrogens is 648 g/mol. The normalized spacial score (nSPS) is 13.8. The molecule has 260 valence electrons. The molecule has 13 heteroatoms. The number of ether oxygens (including phenoxy) is 3. The second-order valence-electron chi connectivity index (χ2n) is 12.1. The van der Waals surface area contributed by atoms with E-state index in [2.05, 4.69) is 20.2 Å². The Morgan fingerprint density at radius 3 is 1.55 bits per heavy atom. The summed E-state index contributed by atoms with van der Waals surface area (Å²) < 4.78 is 22.4. The van der Waals surface area contributed by atoms with Crippen molar-refractivity contribution in [2.75, 3.05) is 18.1 Å². The van der Waals surface area contributed by atoms with Gasteiger partial charge in [-0.3, -0.25) is 0 Å². The topological polar surface area (TPSA) is 181 Å². The van der Waals surface area contributed by atoms with Crippen LogP contribution in [0.3, 0.4) is 0 Å². The molecule has 0 saturated heterocycles. The largest absolute Gasteiger partial charge is 0.388 e. The maximum absolute atomic E-state index is 13.6. The van der Waals surface area contributed by atoms with Gasteiger partial charge in [0.1, 0.15) is 42.0 Å². The van der Waals surface area contributed by atoms with Crippen molar-refractivity contribution in [3.8, 4) is 0 Å². The summed E-state index contributed by atoms with van der Waals surface area (Å²) in [5.41, 5.74) is 14.5. The summed E-state index contributed by atoms with van der Waals surface area (Å²) >= 11 is 0. The van der Waals surface area contributed by atoms with Gasteiger partial charge in [0.15, 0.2) is 17.2 Å². The zero-order valence-electron chi connectivity index (χ0n) is 27.6. The standard InChI is InChI=1S/C38H38N8O5/c39-36-29-16-18-32(45(29)43-24-41-36)38(48,33-19-17-30-37(40)42-25-44-46(30)33)35(51-22-28-14-8-3-9-15-28)34(50-21-27-12-6-2-7-13-27)31(47)23-49-20-26-10-4-1-5-11-26/h1-19,24-25,31,34-35,47-48H,20-23H2,(H2,39,41,43)(H2,40,42,44)/t31-,34-,35-/m1/s1. The molecule has 6 N–H and O–H groups in total. The number of aromatic nitrogens is 6. The average molecular weight is 687 g/mol. The number of fused-ring (bicyclic) bond motifs is 2. The third kappa shape index (κ3) is 7.01. The number of nitrogens with two attached hydrogens (primary N) is 2. The van der Waals surface area contributed by atoms with Gasteiger partial charge < -0.3 is 35.9 Å². The second kappa shape index (κ2) is 15.0. The second-order valence-corrected chi connectivity index (χ2v) is 12.1. The number of nitrogens with zero attached hydrogens (tertiary/aromatic N) is 6. The third-order valence-electron chi connectivity index (χ3n) is 8.79. The summed E-state index contributed by atoms with van der Waals surface area (Å²) in [6, 6.07) is 35.5. The van der Waals surface area contributed by atoms with Gasteiger partial charge in [-0.05, 0) is 41.0 Å². The lowest BCUT2D eigenvalue weighted by atomic mass is 9.84. The molecule has 0 radical (unpaired) electrons. The van der Waals surface area contributed by atoms with E-state index in [9.17, 15) is 10.2 Å². The maximum atomic E-state index is 13.6. The van der Waals surface area contributed by atoms with E-state index in [0.717, 1.165) is 16.7 Å². The molecular formula is C38H38N8O5. The highest BCUT2D eigenvalue weighted by Gasteiger charge is 2.52. The van der Waals surface area contributed by atoms with Crippen LogP contribution in [0, 0.1) is 0 Å². The Balaban J connectivity index is 1.39. The summed E-state index contributed by atoms with van der Waals surface area (Å²) in [7, 11) is 0. The van der Waals surface area contributed by atoms with Gasteiger partial charge in [-0.15, -0.1) is 0 Å². The molecule has 4 aromatic heterocycles. The quantitative estimate of drug-likeness (QED) is 0.123. The predicted octanol–water partition coefficient (Wildman–Crippen LogP) is 3.92. The number of hydrogen-bond acceptors (Lipinski definition) is 11. The van der Waals surface area contributed by atoms with Crippen molar-refractivity contribution in [3.63, 3.8) is 0 Å². The van der Waals surface area contributed by atoms with Crippen LogP contribution in [0.5, 0.6) is 0 Å². The van der Waals surface area contributed by atoms with E-state index in [-0.39, 0.29) is 49.5 Å². The minimum Gasteiger partial charge on any atom is -0.388 e. The first-order valence-corrected chi connectivity index (χ1v) is 16.4. The number of benzene rings is 3. The molecule has 0 unspecified atom stereocenters. The van der Waals surface area contributed by atoms with Gasteiger partial charge in [0.25, 0.3) is 0 Å². The number of hydrogen-bond donors (Lipinski definition) is 4. The number of aliphatic hydroxyl groups excluding tert-OH is 1. The first-order chi connectivity index (χ1) is 24.9. The monoisotopic (exact) mass is 686 g/mol. The Hall–Kier alpha value is -5.70. The van der Waals surface area contributed by atoms with E-state index in [4.69, 9.17) is 25.7 Å². The molecule has 3 aromatic carbocycles. The molecule has 51 heavy (non-hydrogen) atoms. The van der Waals surface area contributed by atoms with Crippen molar-refractivity contribution in [2.45, 2.75) is 43.7 Å². The van der Waals surface area contributed by atoms with Crippen LogP contribution in [-0.2, 0) is 39.6 Å². The van der Waals surface area contributed by atoms with Crippen LogP contribution >= 0.6 is 0 Å². The third-order valence-corrected chi connectivity index (χ3v) is 8.79. The Labute approximate surface area is 293 Å². The van der Waals surface area contributed by atoms with Crippen LogP contribution in [0.1, 0.15) is 28.1 Å². The SMILES string of the molecule is Nc1ncnn2c(C(O)(c3ccc4c(N)ncnn34)[C@H](OCc3ccccc3)[C@H](OCc3ccccc3)[C@H](O)COCc3ccccc3)ccc12. The van der Waals surface area contributed by atoms with E-state index < -0.39 is 23.9 Å². The highest BCUT2D eigenvalue weighted by atomic mass is 16.6. The Bertz CT molecular complexity index is 2100. The Morgan fingerprint density at radius 2 is 1.06 bits per heavy atom. The van der Waals surface area contributed by atoms with Crippen molar-refractivity contribution >= 4 is 22.7 Å². The maximum Gasteiger partial charge on any atom is 0.177 e. The molecule has 0 bridgehead atoms. The van der Waals surface area contributed by atoms with E-state index in [1.165, 1.54) is 21.7 Å². The number of aliphatic hydroxyl groups is 2. The lowest BCUT2D eigenvalue weighted by Gasteiger charge is -2.41. The first kappa shape index (κ1) is 33.8. The van der Waals surface area contributed by atoms with Gasteiger partial charge in [-0.2, -0.15) is 10.2 Å². The van der Waals surface area contributed by atoms with Crippen LogP contribution < -0.4 is 11.5 Å². The first-order valence-electron chi connectivity index (χ1n) is 16.4. The number of rotatable bonds is 15.